The highest BCUT2D eigenvalue weighted by Gasteiger charge is 1.88. The quantitative estimate of drug-likeness (QED) is 0.335. The monoisotopic (exact) mass is 118 g/mol. The lowest BCUT2D eigenvalue weighted by molar-refractivity contribution is -0.849. The highest BCUT2D eigenvalue weighted by atomic mass is 16.1. The van der Waals surface area contributed by atoms with Crippen molar-refractivity contribution < 1.29 is 9.28 Å². The molecule has 0 atom stereocenters. The molecule has 0 N–H and O–H groups in total. The second-order valence-electron chi connectivity index (χ2n) is 2.92. The molecule has 0 spiro atoms. The fourth-order valence-electron chi connectivity index (χ4n) is 0. The molecule has 0 radical (unpaired) electrons. The summed E-state index contributed by atoms with van der Waals surface area (Å²) in [6.07, 6.45) is 0.750. The SMILES string of the molecule is CC=O.C[N+](C)(C)C. The summed E-state index contributed by atoms with van der Waals surface area (Å²) in [7, 11) is 8.50. The van der Waals surface area contributed by atoms with E-state index >= 15 is 0 Å². The number of hydrogen-bond donors (Lipinski definition) is 0. The first-order valence-corrected chi connectivity index (χ1v) is 2.60. The molecule has 0 fully saturated rings. The summed E-state index contributed by atoms with van der Waals surface area (Å²) < 4.78 is 1.00. The molecule has 8 heavy (non-hydrogen) atoms. The van der Waals surface area contributed by atoms with Crippen molar-refractivity contribution in [2.24, 2.45) is 0 Å². The van der Waals surface area contributed by atoms with E-state index in [9.17, 15) is 0 Å². The fourth-order valence-corrected chi connectivity index (χ4v) is 0. The van der Waals surface area contributed by atoms with Gasteiger partial charge in [-0.05, 0) is 6.92 Å². The molecule has 0 aromatic heterocycles. The summed E-state index contributed by atoms with van der Waals surface area (Å²) >= 11 is 0. The van der Waals surface area contributed by atoms with Gasteiger partial charge in [0, 0.05) is 0 Å². The maximum atomic E-state index is 8.81. The molecule has 0 saturated heterocycles. The smallest absolute Gasteiger partial charge is 0.116 e. The van der Waals surface area contributed by atoms with Crippen LogP contribution in [0.3, 0.4) is 0 Å². The molecule has 0 aliphatic carbocycles. The third kappa shape index (κ3) is 882. The number of carbonyl (C=O) groups excluding carboxylic acids is 1. The lowest BCUT2D eigenvalue weighted by Gasteiger charge is -2.14. The van der Waals surface area contributed by atoms with Gasteiger partial charge in [-0.25, -0.2) is 0 Å². The topological polar surface area (TPSA) is 17.1 Å². The normalized spacial score (nSPS) is 9.12. The first-order chi connectivity index (χ1) is 3.41. The Bertz CT molecular complexity index is 48.0. The van der Waals surface area contributed by atoms with Crippen LogP contribution in [0.5, 0.6) is 0 Å². The maximum Gasteiger partial charge on any atom is 0.116 e. The average Bonchev–Trinajstić information content (AvgIpc) is 1.27. The summed E-state index contributed by atoms with van der Waals surface area (Å²) in [5, 5.41) is 0. The molecule has 0 aliphatic rings. The minimum atomic E-state index is 0.750. The van der Waals surface area contributed by atoms with Gasteiger partial charge in [0.1, 0.15) is 6.29 Å². The van der Waals surface area contributed by atoms with Crippen LogP contribution in [0.25, 0.3) is 0 Å². The minimum Gasteiger partial charge on any atom is -0.333 e. The van der Waals surface area contributed by atoms with Crippen LogP contribution in [-0.4, -0.2) is 39.0 Å². The number of carbonyl (C=O) groups is 1. The number of aldehydes is 1. The summed E-state index contributed by atoms with van der Waals surface area (Å²) in [4.78, 5) is 8.81. The van der Waals surface area contributed by atoms with Gasteiger partial charge in [0.25, 0.3) is 0 Å². The van der Waals surface area contributed by atoms with Gasteiger partial charge >= 0.3 is 0 Å². The predicted octanol–water partition coefficient (Wildman–Crippen LogP) is 0.528. The van der Waals surface area contributed by atoms with E-state index < -0.39 is 0 Å². The standard InChI is InChI=1S/C4H12N.C2H4O/c1-5(2,3)4;1-2-3/h1-4H3;2H,1H3/q+1;. The average molecular weight is 118 g/mol. The van der Waals surface area contributed by atoms with Crippen molar-refractivity contribution in [2.75, 3.05) is 28.2 Å². The molecule has 0 aliphatic heterocycles. The molecule has 2 heteroatoms. The Morgan fingerprint density at radius 3 is 1.12 bits per heavy atom. The van der Waals surface area contributed by atoms with E-state index in [1.54, 1.807) is 0 Å². The van der Waals surface area contributed by atoms with Crippen molar-refractivity contribution in [1.29, 1.82) is 0 Å². The lowest BCUT2D eigenvalue weighted by atomic mass is 10.8. The second-order valence-corrected chi connectivity index (χ2v) is 2.92. The minimum absolute atomic E-state index is 0.750. The van der Waals surface area contributed by atoms with Crippen LogP contribution in [-0.2, 0) is 4.79 Å². The zero-order chi connectivity index (χ0) is 7.21. The van der Waals surface area contributed by atoms with E-state index in [-0.39, 0.29) is 0 Å². The van der Waals surface area contributed by atoms with Gasteiger partial charge in [-0.1, -0.05) is 0 Å². The first-order valence-electron chi connectivity index (χ1n) is 2.60. The van der Waals surface area contributed by atoms with Crippen molar-refractivity contribution in [3.63, 3.8) is 0 Å². The van der Waals surface area contributed by atoms with E-state index in [0.717, 1.165) is 10.8 Å². The maximum absolute atomic E-state index is 8.81. The molecule has 2 nitrogen and oxygen atoms in total. The van der Waals surface area contributed by atoms with Crippen molar-refractivity contribution in [2.45, 2.75) is 6.92 Å². The molecule has 0 bridgehead atoms. The Labute approximate surface area is 51.7 Å². The molecular formula is C6H16NO+. The number of nitrogens with zero attached hydrogens (tertiary/aromatic N) is 1. The first kappa shape index (κ1) is 10.6. The van der Waals surface area contributed by atoms with Crippen molar-refractivity contribution in [3.8, 4) is 0 Å². The molecule has 0 heterocycles. The molecule has 0 unspecified atom stereocenters. The van der Waals surface area contributed by atoms with Crippen LogP contribution in [0.2, 0.25) is 0 Å². The third-order valence-electron chi connectivity index (χ3n) is 0. The largest absolute Gasteiger partial charge is 0.333 e. The third-order valence-corrected chi connectivity index (χ3v) is 0. The van der Waals surface area contributed by atoms with Gasteiger partial charge in [-0.2, -0.15) is 0 Å². The number of hydrogen-bond acceptors (Lipinski definition) is 1. The highest BCUT2D eigenvalue weighted by Crippen LogP contribution is 1.73. The lowest BCUT2D eigenvalue weighted by Crippen LogP contribution is -2.27. The zero-order valence-corrected chi connectivity index (χ0v) is 6.43. The van der Waals surface area contributed by atoms with Crippen LogP contribution in [0, 0.1) is 0 Å². The second kappa shape index (κ2) is 4.78. The van der Waals surface area contributed by atoms with Gasteiger partial charge < -0.3 is 9.28 Å². The summed E-state index contributed by atoms with van der Waals surface area (Å²) in [5.41, 5.74) is 0. The zero-order valence-electron chi connectivity index (χ0n) is 6.43. The highest BCUT2D eigenvalue weighted by molar-refractivity contribution is 5.44. The van der Waals surface area contributed by atoms with E-state index in [0.29, 0.717) is 0 Å². The van der Waals surface area contributed by atoms with Gasteiger partial charge in [-0.3, -0.25) is 0 Å². The Balaban J connectivity index is 0. The Kier molecular flexibility index (Phi) is 6.32. The fraction of sp³-hybridized carbons (Fsp3) is 0.833. The molecule has 0 amide bonds. The van der Waals surface area contributed by atoms with E-state index in [1.807, 2.05) is 0 Å². The molecule has 0 saturated carbocycles. The van der Waals surface area contributed by atoms with E-state index in [2.05, 4.69) is 28.2 Å². The van der Waals surface area contributed by atoms with Crippen molar-refractivity contribution in [1.82, 2.24) is 0 Å². The van der Waals surface area contributed by atoms with Crippen molar-refractivity contribution in [3.05, 3.63) is 0 Å². The molecule has 0 aromatic carbocycles. The summed E-state index contributed by atoms with van der Waals surface area (Å²) in [6.45, 7) is 1.44. The van der Waals surface area contributed by atoms with Crippen molar-refractivity contribution >= 4 is 6.29 Å². The van der Waals surface area contributed by atoms with Crippen LogP contribution in [0.15, 0.2) is 0 Å². The van der Waals surface area contributed by atoms with Gasteiger partial charge in [0.05, 0.1) is 28.2 Å². The summed E-state index contributed by atoms with van der Waals surface area (Å²) in [6, 6.07) is 0. The van der Waals surface area contributed by atoms with Gasteiger partial charge in [-0.15, -0.1) is 0 Å². The van der Waals surface area contributed by atoms with Gasteiger partial charge in [0.2, 0.25) is 0 Å². The number of rotatable bonds is 0. The Hall–Kier alpha value is -0.370. The Morgan fingerprint density at radius 1 is 1.12 bits per heavy atom. The summed E-state index contributed by atoms with van der Waals surface area (Å²) in [5.74, 6) is 0. The van der Waals surface area contributed by atoms with Crippen LogP contribution < -0.4 is 0 Å². The van der Waals surface area contributed by atoms with E-state index in [1.165, 1.54) is 6.92 Å². The van der Waals surface area contributed by atoms with Gasteiger partial charge in [0.15, 0.2) is 0 Å². The number of quaternary nitrogens is 1. The van der Waals surface area contributed by atoms with Crippen LogP contribution in [0.1, 0.15) is 6.92 Å². The predicted molar refractivity (Wildman–Crippen MR) is 35.7 cm³/mol. The van der Waals surface area contributed by atoms with Crippen LogP contribution in [0.4, 0.5) is 0 Å². The van der Waals surface area contributed by atoms with E-state index in [4.69, 9.17) is 4.79 Å². The molecule has 50 valence electrons. The molecular weight excluding hydrogens is 102 g/mol. The molecule has 0 aromatic rings. The Morgan fingerprint density at radius 2 is 1.12 bits per heavy atom. The van der Waals surface area contributed by atoms with Crippen LogP contribution >= 0.6 is 0 Å². The molecule has 0 rings (SSSR count).